The Morgan fingerprint density at radius 1 is 1.17 bits per heavy atom. The molecule has 2 aromatic carbocycles. The standard InChI is InChI=1S/C23H24N6O5S/c1-4-11-28-20(13-21(30)24-16-6-9-18(34-3)10-7-16)26-27-23(28)35-14-22(31)25-19-12-17(29(32)33)8-5-15(19)2/h4-10,12H,1,11,13-14H2,2-3H3,(H,24,30)(H,25,31). The van der Waals surface area contributed by atoms with Crippen LogP contribution in [0.3, 0.4) is 0 Å². The van der Waals surface area contributed by atoms with E-state index in [2.05, 4.69) is 27.4 Å². The number of carbonyl (C=O) groups excluding carboxylic acids is 2. The van der Waals surface area contributed by atoms with Gasteiger partial charge in [-0.25, -0.2) is 0 Å². The topological polar surface area (TPSA) is 141 Å². The number of aryl methyl sites for hydroxylation is 1. The molecule has 0 aliphatic rings. The van der Waals surface area contributed by atoms with Crippen molar-refractivity contribution in [1.29, 1.82) is 0 Å². The molecule has 0 spiro atoms. The molecule has 0 aliphatic heterocycles. The Morgan fingerprint density at radius 2 is 1.91 bits per heavy atom. The highest BCUT2D eigenvalue weighted by Crippen LogP contribution is 2.23. The van der Waals surface area contributed by atoms with Gasteiger partial charge in [0.1, 0.15) is 11.6 Å². The average molecular weight is 497 g/mol. The molecule has 0 bridgehead atoms. The van der Waals surface area contributed by atoms with E-state index in [9.17, 15) is 19.7 Å². The molecular weight excluding hydrogens is 472 g/mol. The lowest BCUT2D eigenvalue weighted by Crippen LogP contribution is -2.18. The number of hydrogen-bond acceptors (Lipinski definition) is 8. The number of anilines is 2. The lowest BCUT2D eigenvalue weighted by atomic mass is 10.2. The van der Waals surface area contributed by atoms with Crippen LogP contribution in [-0.4, -0.2) is 44.4 Å². The molecular formula is C23H24N6O5S. The molecule has 0 radical (unpaired) electrons. The number of amides is 2. The number of ether oxygens (including phenoxy) is 1. The Labute approximate surface area is 205 Å². The van der Waals surface area contributed by atoms with Crippen LogP contribution < -0.4 is 15.4 Å². The molecule has 3 aromatic rings. The van der Waals surface area contributed by atoms with Crippen LogP contribution in [0.4, 0.5) is 17.1 Å². The third-order valence-electron chi connectivity index (χ3n) is 4.84. The fourth-order valence-corrected chi connectivity index (χ4v) is 3.83. The number of allylic oxidation sites excluding steroid dienone is 1. The molecule has 35 heavy (non-hydrogen) atoms. The quantitative estimate of drug-likeness (QED) is 0.177. The Balaban J connectivity index is 1.63. The molecule has 0 atom stereocenters. The number of benzene rings is 2. The van der Waals surface area contributed by atoms with E-state index < -0.39 is 4.92 Å². The summed E-state index contributed by atoms with van der Waals surface area (Å²) in [6, 6.07) is 11.2. The lowest BCUT2D eigenvalue weighted by molar-refractivity contribution is -0.384. The van der Waals surface area contributed by atoms with E-state index in [0.29, 0.717) is 40.2 Å². The first-order valence-electron chi connectivity index (χ1n) is 10.4. The van der Waals surface area contributed by atoms with Crippen LogP contribution in [0.2, 0.25) is 0 Å². The Morgan fingerprint density at radius 3 is 2.57 bits per heavy atom. The normalized spacial score (nSPS) is 10.5. The van der Waals surface area contributed by atoms with Gasteiger partial charge in [0, 0.05) is 24.4 Å². The molecule has 0 fully saturated rings. The minimum absolute atomic E-state index is 0.00451. The van der Waals surface area contributed by atoms with Crippen molar-refractivity contribution in [3.05, 3.63) is 76.6 Å². The van der Waals surface area contributed by atoms with Gasteiger partial charge in [0.05, 0.1) is 29.9 Å². The molecule has 2 N–H and O–H groups in total. The van der Waals surface area contributed by atoms with Gasteiger partial charge in [-0.3, -0.25) is 19.7 Å². The summed E-state index contributed by atoms with van der Waals surface area (Å²) in [6.07, 6.45) is 1.62. The summed E-state index contributed by atoms with van der Waals surface area (Å²) in [5.41, 5.74) is 1.58. The van der Waals surface area contributed by atoms with Gasteiger partial charge in [-0.2, -0.15) is 0 Å². The zero-order valence-electron chi connectivity index (χ0n) is 19.2. The molecule has 0 unspecified atom stereocenters. The number of carbonyl (C=O) groups is 2. The smallest absolute Gasteiger partial charge is 0.271 e. The molecule has 1 aromatic heterocycles. The van der Waals surface area contributed by atoms with Crippen LogP contribution in [0, 0.1) is 17.0 Å². The van der Waals surface area contributed by atoms with Gasteiger partial charge in [0.25, 0.3) is 5.69 Å². The maximum absolute atomic E-state index is 12.5. The van der Waals surface area contributed by atoms with Crippen molar-refractivity contribution in [2.75, 3.05) is 23.5 Å². The molecule has 1 heterocycles. The van der Waals surface area contributed by atoms with E-state index in [1.807, 2.05) is 0 Å². The minimum Gasteiger partial charge on any atom is -0.497 e. The summed E-state index contributed by atoms with van der Waals surface area (Å²) in [6.45, 7) is 5.83. The van der Waals surface area contributed by atoms with Crippen LogP contribution in [0.15, 0.2) is 60.3 Å². The van der Waals surface area contributed by atoms with Crippen LogP contribution in [-0.2, 0) is 22.6 Å². The zero-order chi connectivity index (χ0) is 25.4. The molecule has 2 amide bonds. The molecule has 0 saturated heterocycles. The molecule has 3 rings (SSSR count). The number of aromatic nitrogens is 3. The summed E-state index contributed by atoms with van der Waals surface area (Å²) in [5.74, 6) is 0.470. The molecule has 182 valence electrons. The van der Waals surface area contributed by atoms with Crippen molar-refractivity contribution < 1.29 is 19.2 Å². The fourth-order valence-electron chi connectivity index (χ4n) is 3.07. The summed E-state index contributed by atoms with van der Waals surface area (Å²) < 4.78 is 6.81. The van der Waals surface area contributed by atoms with Gasteiger partial charge in [-0.15, -0.1) is 16.8 Å². The second-order valence-corrected chi connectivity index (χ2v) is 8.29. The van der Waals surface area contributed by atoms with Crippen molar-refractivity contribution in [1.82, 2.24) is 14.8 Å². The van der Waals surface area contributed by atoms with Gasteiger partial charge in [0.2, 0.25) is 11.8 Å². The molecule has 0 aliphatic carbocycles. The fraction of sp³-hybridized carbons (Fsp3) is 0.217. The number of rotatable bonds is 11. The Bertz CT molecular complexity index is 1240. The highest BCUT2D eigenvalue weighted by molar-refractivity contribution is 7.99. The third-order valence-corrected chi connectivity index (χ3v) is 5.80. The summed E-state index contributed by atoms with van der Waals surface area (Å²) in [7, 11) is 1.56. The monoisotopic (exact) mass is 496 g/mol. The second-order valence-electron chi connectivity index (χ2n) is 7.34. The number of non-ortho nitro benzene ring substituents is 1. The van der Waals surface area contributed by atoms with E-state index in [4.69, 9.17) is 4.74 Å². The minimum atomic E-state index is -0.520. The first kappa shape index (κ1) is 25.4. The van der Waals surface area contributed by atoms with E-state index >= 15 is 0 Å². The van der Waals surface area contributed by atoms with Crippen molar-refractivity contribution in [2.24, 2.45) is 0 Å². The summed E-state index contributed by atoms with van der Waals surface area (Å²) in [4.78, 5) is 35.5. The number of nitro groups is 1. The predicted molar refractivity (Wildman–Crippen MR) is 133 cm³/mol. The van der Waals surface area contributed by atoms with E-state index in [0.717, 1.165) is 11.8 Å². The largest absolute Gasteiger partial charge is 0.497 e. The SMILES string of the molecule is C=CCn1c(CC(=O)Nc2ccc(OC)cc2)nnc1SCC(=O)Nc1cc([N+](=O)[O-])ccc1C. The number of methoxy groups -OCH3 is 1. The van der Waals surface area contributed by atoms with Crippen molar-refractivity contribution in [3.8, 4) is 5.75 Å². The first-order valence-corrected chi connectivity index (χ1v) is 11.4. The third kappa shape index (κ3) is 6.90. The first-order chi connectivity index (χ1) is 16.8. The predicted octanol–water partition coefficient (Wildman–Crippen LogP) is 3.60. The highest BCUT2D eigenvalue weighted by atomic mass is 32.2. The van der Waals surface area contributed by atoms with Crippen molar-refractivity contribution in [3.63, 3.8) is 0 Å². The zero-order valence-corrected chi connectivity index (χ0v) is 20.0. The van der Waals surface area contributed by atoms with E-state index in [1.165, 1.54) is 12.1 Å². The second kappa shape index (κ2) is 11.8. The number of nitrogens with zero attached hydrogens (tertiary/aromatic N) is 4. The van der Waals surface area contributed by atoms with E-state index in [-0.39, 0.29) is 29.7 Å². The number of nitrogens with one attached hydrogen (secondary N) is 2. The average Bonchev–Trinajstić information content (AvgIpc) is 3.20. The van der Waals surface area contributed by atoms with Gasteiger partial charge in [0.15, 0.2) is 5.16 Å². The van der Waals surface area contributed by atoms with Crippen molar-refractivity contribution >= 4 is 40.6 Å². The number of nitro benzene ring substituents is 1. The van der Waals surface area contributed by atoms with Gasteiger partial charge in [-0.1, -0.05) is 23.9 Å². The van der Waals surface area contributed by atoms with Crippen LogP contribution >= 0.6 is 11.8 Å². The van der Waals surface area contributed by atoms with Gasteiger partial charge >= 0.3 is 0 Å². The molecule has 11 nitrogen and oxygen atoms in total. The summed E-state index contributed by atoms with van der Waals surface area (Å²) in [5, 5.41) is 25.1. The van der Waals surface area contributed by atoms with Crippen LogP contribution in [0.1, 0.15) is 11.4 Å². The lowest BCUT2D eigenvalue weighted by Gasteiger charge is -2.10. The van der Waals surface area contributed by atoms with Crippen molar-refractivity contribution in [2.45, 2.75) is 25.0 Å². The maximum atomic E-state index is 12.5. The van der Waals surface area contributed by atoms with Crippen LogP contribution in [0.25, 0.3) is 0 Å². The highest BCUT2D eigenvalue weighted by Gasteiger charge is 2.17. The van der Waals surface area contributed by atoms with Gasteiger partial charge in [-0.05, 0) is 36.8 Å². The van der Waals surface area contributed by atoms with Gasteiger partial charge < -0.3 is 19.9 Å². The molecule has 0 saturated carbocycles. The Kier molecular flexibility index (Phi) is 8.57. The molecule has 12 heteroatoms. The number of thioether (sulfide) groups is 1. The van der Waals surface area contributed by atoms with Crippen LogP contribution in [0.5, 0.6) is 5.75 Å². The number of hydrogen-bond donors (Lipinski definition) is 2. The maximum Gasteiger partial charge on any atom is 0.271 e. The Hall–Kier alpha value is -4.19. The summed E-state index contributed by atoms with van der Waals surface area (Å²) >= 11 is 1.14. The van der Waals surface area contributed by atoms with E-state index in [1.54, 1.807) is 55.0 Å².